The second-order valence-corrected chi connectivity index (χ2v) is 6.80. The van der Waals surface area contributed by atoms with E-state index in [1.54, 1.807) is 18.2 Å². The minimum atomic E-state index is -0.125. The minimum absolute atomic E-state index is 0.125. The number of phenolic OH excluding ortho intramolecular Hbond substituents is 1. The number of carbonyl (C=O) groups excluding carboxylic acids is 1. The number of phenols is 1. The molecular formula is C24H30O4. The molecule has 2 aromatic rings. The smallest absolute Gasteiger partial charge is 0.185 e. The van der Waals surface area contributed by atoms with E-state index in [-0.39, 0.29) is 11.5 Å². The lowest BCUT2D eigenvalue weighted by atomic mass is 10.1. The van der Waals surface area contributed by atoms with E-state index in [4.69, 9.17) is 9.47 Å². The zero-order chi connectivity index (χ0) is 20.4. The molecule has 0 bridgehead atoms. The first-order valence-corrected chi connectivity index (χ1v) is 9.96. The van der Waals surface area contributed by atoms with Crippen LogP contribution in [0.25, 0.3) is 6.08 Å². The van der Waals surface area contributed by atoms with Crippen LogP contribution in [0.4, 0.5) is 0 Å². The summed E-state index contributed by atoms with van der Waals surface area (Å²) in [6, 6.07) is 10.1. The van der Waals surface area contributed by atoms with Crippen LogP contribution in [0.5, 0.6) is 17.2 Å². The maximum Gasteiger partial charge on any atom is 0.185 e. The zero-order valence-corrected chi connectivity index (χ0v) is 17.0. The van der Waals surface area contributed by atoms with Gasteiger partial charge in [0.1, 0.15) is 17.2 Å². The largest absolute Gasteiger partial charge is 0.508 e. The Morgan fingerprint density at radius 2 is 1.57 bits per heavy atom. The first-order chi connectivity index (χ1) is 13.5. The molecule has 4 heteroatoms. The highest BCUT2D eigenvalue weighted by Crippen LogP contribution is 2.30. The number of rotatable bonds is 11. The second-order valence-electron chi connectivity index (χ2n) is 6.80. The third kappa shape index (κ3) is 6.45. The number of aromatic hydroxyl groups is 1. The van der Waals surface area contributed by atoms with Gasteiger partial charge in [0.05, 0.1) is 13.2 Å². The molecule has 28 heavy (non-hydrogen) atoms. The quantitative estimate of drug-likeness (QED) is 0.296. The van der Waals surface area contributed by atoms with Gasteiger partial charge >= 0.3 is 0 Å². The fourth-order valence-electron chi connectivity index (χ4n) is 2.64. The van der Waals surface area contributed by atoms with Crippen molar-refractivity contribution in [1.82, 2.24) is 0 Å². The normalized spacial score (nSPS) is 11.0. The van der Waals surface area contributed by atoms with Gasteiger partial charge in [0.2, 0.25) is 0 Å². The molecule has 0 aliphatic rings. The summed E-state index contributed by atoms with van der Waals surface area (Å²) < 4.78 is 11.8. The number of unbranched alkanes of at least 4 members (excludes halogenated alkanes) is 2. The number of hydrogen-bond acceptors (Lipinski definition) is 4. The van der Waals surface area contributed by atoms with Crippen molar-refractivity contribution >= 4 is 11.9 Å². The molecule has 0 radical (unpaired) electrons. The Kier molecular flexibility index (Phi) is 8.60. The van der Waals surface area contributed by atoms with E-state index in [2.05, 4.69) is 13.8 Å². The van der Waals surface area contributed by atoms with Gasteiger partial charge in [0.15, 0.2) is 5.78 Å². The Balaban J connectivity index is 2.22. The number of allylic oxidation sites excluding steroid dienone is 1. The van der Waals surface area contributed by atoms with E-state index in [9.17, 15) is 9.90 Å². The average Bonchev–Trinajstić information content (AvgIpc) is 2.69. The average molecular weight is 383 g/mol. The van der Waals surface area contributed by atoms with Crippen molar-refractivity contribution in [2.75, 3.05) is 13.2 Å². The fraction of sp³-hybridized carbons (Fsp3) is 0.375. The van der Waals surface area contributed by atoms with E-state index in [1.165, 1.54) is 18.2 Å². The van der Waals surface area contributed by atoms with Crippen molar-refractivity contribution in [3.05, 3.63) is 59.2 Å². The summed E-state index contributed by atoms with van der Waals surface area (Å²) in [7, 11) is 0. The lowest BCUT2D eigenvalue weighted by Crippen LogP contribution is -2.02. The van der Waals surface area contributed by atoms with Gasteiger partial charge in [-0.25, -0.2) is 0 Å². The molecular weight excluding hydrogens is 352 g/mol. The van der Waals surface area contributed by atoms with Crippen LogP contribution >= 0.6 is 0 Å². The molecule has 2 aromatic carbocycles. The second kappa shape index (κ2) is 11.2. The molecule has 0 aliphatic carbocycles. The number of carbonyl (C=O) groups is 1. The molecule has 0 aliphatic heterocycles. The molecule has 150 valence electrons. The van der Waals surface area contributed by atoms with Gasteiger partial charge in [-0.05, 0) is 67.8 Å². The lowest BCUT2D eigenvalue weighted by molar-refractivity contribution is 0.104. The van der Waals surface area contributed by atoms with Crippen LogP contribution in [0.3, 0.4) is 0 Å². The maximum atomic E-state index is 12.4. The molecule has 0 aromatic heterocycles. The Labute approximate surface area is 167 Å². The van der Waals surface area contributed by atoms with E-state index in [0.29, 0.717) is 18.8 Å². The molecule has 0 saturated carbocycles. The van der Waals surface area contributed by atoms with E-state index < -0.39 is 0 Å². The van der Waals surface area contributed by atoms with Gasteiger partial charge in [0, 0.05) is 17.2 Å². The third-order valence-electron chi connectivity index (χ3n) is 4.38. The highest BCUT2D eigenvalue weighted by atomic mass is 16.5. The maximum absolute atomic E-state index is 12.4. The van der Waals surface area contributed by atoms with Crippen LogP contribution in [0, 0.1) is 6.92 Å². The Morgan fingerprint density at radius 3 is 2.18 bits per heavy atom. The van der Waals surface area contributed by atoms with Crippen LogP contribution in [0.2, 0.25) is 0 Å². The molecule has 0 unspecified atom stereocenters. The highest BCUT2D eigenvalue weighted by Gasteiger charge is 2.09. The lowest BCUT2D eigenvalue weighted by Gasteiger charge is -2.14. The number of ether oxygens (including phenoxy) is 2. The van der Waals surface area contributed by atoms with Crippen LogP contribution in [0.15, 0.2) is 42.5 Å². The van der Waals surface area contributed by atoms with E-state index in [1.807, 2.05) is 19.1 Å². The summed E-state index contributed by atoms with van der Waals surface area (Å²) in [5.74, 6) is 1.56. The van der Waals surface area contributed by atoms with Gasteiger partial charge in [-0.3, -0.25) is 4.79 Å². The van der Waals surface area contributed by atoms with Crippen molar-refractivity contribution in [3.8, 4) is 17.2 Å². The predicted octanol–water partition coefficient (Wildman–Crippen LogP) is 5.95. The van der Waals surface area contributed by atoms with Gasteiger partial charge < -0.3 is 14.6 Å². The Morgan fingerprint density at radius 1 is 0.964 bits per heavy atom. The third-order valence-corrected chi connectivity index (χ3v) is 4.38. The van der Waals surface area contributed by atoms with Crippen LogP contribution in [0.1, 0.15) is 61.0 Å². The van der Waals surface area contributed by atoms with Gasteiger partial charge in [-0.15, -0.1) is 0 Å². The molecule has 0 saturated heterocycles. The van der Waals surface area contributed by atoms with Crippen LogP contribution in [-0.2, 0) is 0 Å². The Hall–Kier alpha value is -2.75. The molecule has 0 fully saturated rings. The van der Waals surface area contributed by atoms with E-state index in [0.717, 1.165) is 48.3 Å². The molecule has 2 rings (SSSR count). The standard InChI is InChI=1S/C24H30O4/c1-4-6-14-27-23-17-24(28-15-7-5-2)20(16-18(23)3)10-13-22(26)19-8-11-21(25)12-9-19/h8-13,16-17,25H,4-7,14-15H2,1-3H3/b13-10+. The van der Waals surface area contributed by atoms with E-state index >= 15 is 0 Å². The summed E-state index contributed by atoms with van der Waals surface area (Å²) in [5, 5.41) is 9.36. The number of hydrogen-bond donors (Lipinski definition) is 1. The van der Waals surface area contributed by atoms with Crippen molar-refractivity contribution in [2.45, 2.75) is 46.5 Å². The van der Waals surface area contributed by atoms with Gasteiger partial charge in [0.25, 0.3) is 0 Å². The number of benzene rings is 2. The summed E-state index contributed by atoms with van der Waals surface area (Å²) in [5.41, 5.74) is 2.39. The molecule has 0 atom stereocenters. The summed E-state index contributed by atoms with van der Waals surface area (Å²) in [6.07, 6.45) is 7.42. The SMILES string of the molecule is CCCCOc1cc(OCCCC)c(/C=C/C(=O)c2ccc(O)cc2)cc1C. The van der Waals surface area contributed by atoms with Gasteiger partial charge in [-0.2, -0.15) is 0 Å². The molecule has 0 amide bonds. The summed E-state index contributed by atoms with van der Waals surface area (Å²) in [6.45, 7) is 7.56. The van der Waals surface area contributed by atoms with Crippen LogP contribution in [-0.4, -0.2) is 24.1 Å². The van der Waals surface area contributed by atoms with Crippen molar-refractivity contribution in [2.24, 2.45) is 0 Å². The molecule has 0 spiro atoms. The fourth-order valence-corrected chi connectivity index (χ4v) is 2.64. The molecule has 1 N–H and O–H groups in total. The number of ketones is 1. The molecule has 4 nitrogen and oxygen atoms in total. The zero-order valence-electron chi connectivity index (χ0n) is 17.0. The van der Waals surface area contributed by atoms with Crippen LogP contribution < -0.4 is 9.47 Å². The van der Waals surface area contributed by atoms with Crippen molar-refractivity contribution in [3.63, 3.8) is 0 Å². The molecule has 0 heterocycles. The summed E-state index contributed by atoms with van der Waals surface area (Å²) >= 11 is 0. The number of aryl methyl sites for hydroxylation is 1. The van der Waals surface area contributed by atoms with Gasteiger partial charge in [-0.1, -0.05) is 26.7 Å². The predicted molar refractivity (Wildman–Crippen MR) is 113 cm³/mol. The monoisotopic (exact) mass is 382 g/mol. The highest BCUT2D eigenvalue weighted by molar-refractivity contribution is 6.07. The minimum Gasteiger partial charge on any atom is -0.508 e. The first-order valence-electron chi connectivity index (χ1n) is 9.96. The van der Waals surface area contributed by atoms with Crippen molar-refractivity contribution in [1.29, 1.82) is 0 Å². The first kappa shape index (κ1) is 21.5. The summed E-state index contributed by atoms with van der Waals surface area (Å²) in [4.78, 5) is 12.4. The van der Waals surface area contributed by atoms with Crippen molar-refractivity contribution < 1.29 is 19.4 Å². The topological polar surface area (TPSA) is 55.8 Å². The Bertz CT molecular complexity index is 791.